The van der Waals surface area contributed by atoms with Crippen LogP contribution in [0.25, 0.3) is 0 Å². The maximum absolute atomic E-state index is 13.2. The molecule has 0 fully saturated rings. The lowest BCUT2D eigenvalue weighted by Gasteiger charge is -2.37. The highest BCUT2D eigenvalue weighted by Crippen LogP contribution is 2.57. The normalized spacial score (nSPS) is 14.6. The molecule has 0 amide bonds. The second-order valence-corrected chi connectivity index (χ2v) is 4.53. The molecule has 24 heavy (non-hydrogen) atoms. The Kier molecular flexibility index (Phi) is 5.04. The van der Waals surface area contributed by atoms with Crippen molar-refractivity contribution in [3.05, 3.63) is 30.3 Å². The van der Waals surface area contributed by atoms with Crippen molar-refractivity contribution in [2.75, 3.05) is 6.61 Å². The van der Waals surface area contributed by atoms with E-state index in [-0.39, 0.29) is 0 Å². The number of alkyl halides is 11. The van der Waals surface area contributed by atoms with Gasteiger partial charge in [-0.25, -0.2) is 0 Å². The molecule has 1 aromatic carbocycles. The molecule has 0 spiro atoms. The molecule has 0 aliphatic rings. The van der Waals surface area contributed by atoms with Crippen LogP contribution in [0.1, 0.15) is 0 Å². The van der Waals surface area contributed by atoms with E-state index in [4.69, 9.17) is 0 Å². The Bertz CT molecular complexity index is 550. The van der Waals surface area contributed by atoms with Gasteiger partial charge in [-0.2, -0.15) is 48.3 Å². The average Bonchev–Trinajstić information content (AvgIpc) is 2.44. The molecular formula is C12H7F11O. The van der Waals surface area contributed by atoms with Gasteiger partial charge >= 0.3 is 29.9 Å². The molecule has 0 unspecified atom stereocenters. The molecule has 12 heteroatoms. The SMILES string of the molecule is FC(F)(F)C(F)(F)C(F)(F)C(F)(F)C(F)(F)COc1ccccc1. The third-order valence-electron chi connectivity index (χ3n) is 2.77. The quantitative estimate of drug-likeness (QED) is 0.623. The summed E-state index contributed by atoms with van der Waals surface area (Å²) in [6, 6.07) is 5.58. The van der Waals surface area contributed by atoms with Gasteiger partial charge in [0.2, 0.25) is 0 Å². The highest BCUT2D eigenvalue weighted by atomic mass is 19.4. The first-order valence-electron chi connectivity index (χ1n) is 5.84. The Morgan fingerprint density at radius 3 is 1.50 bits per heavy atom. The van der Waals surface area contributed by atoms with Gasteiger partial charge in [-0.1, -0.05) is 18.2 Å². The standard InChI is InChI=1S/C12H7F11O/c13-8(14,6-24-7-4-2-1-3-5-7)9(15,16)10(17,18)11(19,20)12(21,22)23/h1-5H,6H2. The number of hydrogen-bond donors (Lipinski definition) is 0. The molecule has 1 nitrogen and oxygen atoms in total. The largest absolute Gasteiger partial charge is 0.487 e. The van der Waals surface area contributed by atoms with Crippen molar-refractivity contribution in [2.24, 2.45) is 0 Å². The van der Waals surface area contributed by atoms with Gasteiger partial charge in [0.05, 0.1) is 0 Å². The van der Waals surface area contributed by atoms with Gasteiger partial charge in [0.25, 0.3) is 0 Å². The summed E-state index contributed by atoms with van der Waals surface area (Å²) >= 11 is 0. The lowest BCUT2D eigenvalue weighted by molar-refractivity contribution is -0.423. The Morgan fingerprint density at radius 2 is 1.08 bits per heavy atom. The first kappa shape index (κ1) is 20.3. The summed E-state index contributed by atoms with van der Waals surface area (Å²) in [5.41, 5.74) is 0. The van der Waals surface area contributed by atoms with Crippen molar-refractivity contribution >= 4 is 0 Å². The van der Waals surface area contributed by atoms with Crippen LogP contribution < -0.4 is 4.74 Å². The molecule has 138 valence electrons. The van der Waals surface area contributed by atoms with Crippen LogP contribution in [-0.2, 0) is 0 Å². The van der Waals surface area contributed by atoms with Crippen LogP contribution in [0.5, 0.6) is 5.75 Å². The molecule has 1 aromatic rings. The van der Waals surface area contributed by atoms with Crippen molar-refractivity contribution < 1.29 is 53.0 Å². The van der Waals surface area contributed by atoms with Gasteiger partial charge < -0.3 is 4.74 Å². The van der Waals surface area contributed by atoms with Crippen molar-refractivity contribution in [2.45, 2.75) is 29.9 Å². The van der Waals surface area contributed by atoms with Crippen LogP contribution in [0.2, 0.25) is 0 Å². The average molecular weight is 376 g/mol. The lowest BCUT2D eigenvalue weighted by Crippen LogP contribution is -2.67. The Hall–Kier alpha value is -1.75. The first-order chi connectivity index (χ1) is 10.6. The molecule has 0 heterocycles. The fraction of sp³-hybridized carbons (Fsp3) is 0.500. The molecule has 1 rings (SSSR count). The lowest BCUT2D eigenvalue weighted by atomic mass is 9.98. The van der Waals surface area contributed by atoms with E-state index in [0.717, 1.165) is 12.1 Å². The Morgan fingerprint density at radius 1 is 0.625 bits per heavy atom. The van der Waals surface area contributed by atoms with E-state index in [1.807, 2.05) is 0 Å². The van der Waals surface area contributed by atoms with Gasteiger partial charge in [-0.15, -0.1) is 0 Å². The topological polar surface area (TPSA) is 9.23 Å². The van der Waals surface area contributed by atoms with Crippen molar-refractivity contribution in [1.82, 2.24) is 0 Å². The number of halogens is 11. The molecule has 0 aromatic heterocycles. The third-order valence-corrected chi connectivity index (χ3v) is 2.77. The minimum absolute atomic E-state index is 0.515. The predicted molar refractivity (Wildman–Crippen MR) is 57.8 cm³/mol. The minimum atomic E-state index is -7.41. The number of para-hydroxylation sites is 1. The van der Waals surface area contributed by atoms with E-state index in [2.05, 4.69) is 4.74 Å². The van der Waals surface area contributed by atoms with E-state index >= 15 is 0 Å². The Balaban J connectivity index is 3.10. The van der Waals surface area contributed by atoms with Gasteiger partial charge in [0, 0.05) is 0 Å². The van der Waals surface area contributed by atoms with Crippen LogP contribution in [-0.4, -0.2) is 36.5 Å². The van der Waals surface area contributed by atoms with E-state index in [0.29, 0.717) is 0 Å². The zero-order valence-electron chi connectivity index (χ0n) is 11.2. The zero-order chi connectivity index (χ0) is 19.0. The molecule has 0 bridgehead atoms. The zero-order valence-corrected chi connectivity index (χ0v) is 11.2. The fourth-order valence-corrected chi connectivity index (χ4v) is 1.39. The molecule has 0 aliphatic heterocycles. The van der Waals surface area contributed by atoms with E-state index in [1.165, 1.54) is 18.2 Å². The predicted octanol–water partition coefficient (Wildman–Crippen LogP) is 5.17. The summed E-state index contributed by atoms with van der Waals surface area (Å²) < 4.78 is 143. The second kappa shape index (κ2) is 5.96. The third kappa shape index (κ3) is 3.22. The summed E-state index contributed by atoms with van der Waals surface area (Å²) in [5.74, 6) is -28.4. The van der Waals surface area contributed by atoms with E-state index < -0.39 is 42.2 Å². The summed E-state index contributed by atoms with van der Waals surface area (Å²) in [6.07, 6.45) is -7.17. The molecular weight excluding hydrogens is 369 g/mol. The van der Waals surface area contributed by atoms with Gasteiger partial charge in [0.1, 0.15) is 5.75 Å². The maximum Gasteiger partial charge on any atom is 0.460 e. The van der Waals surface area contributed by atoms with E-state index in [9.17, 15) is 48.3 Å². The van der Waals surface area contributed by atoms with Crippen LogP contribution >= 0.6 is 0 Å². The summed E-state index contributed by atoms with van der Waals surface area (Å²) in [5, 5.41) is 0. The van der Waals surface area contributed by atoms with Gasteiger partial charge in [-0.3, -0.25) is 0 Å². The highest BCUT2D eigenvalue weighted by molar-refractivity contribution is 5.21. The number of hydrogen-bond acceptors (Lipinski definition) is 1. The van der Waals surface area contributed by atoms with Crippen LogP contribution in [0, 0.1) is 0 Å². The summed E-state index contributed by atoms with van der Waals surface area (Å²) in [7, 11) is 0. The van der Waals surface area contributed by atoms with Crippen LogP contribution in [0.4, 0.5) is 48.3 Å². The van der Waals surface area contributed by atoms with Crippen LogP contribution in [0.3, 0.4) is 0 Å². The van der Waals surface area contributed by atoms with Crippen molar-refractivity contribution in [3.8, 4) is 5.75 Å². The second-order valence-electron chi connectivity index (χ2n) is 4.53. The molecule has 0 aliphatic carbocycles. The molecule has 0 radical (unpaired) electrons. The molecule has 0 saturated carbocycles. The smallest absolute Gasteiger partial charge is 0.460 e. The van der Waals surface area contributed by atoms with Crippen LogP contribution in [0.15, 0.2) is 30.3 Å². The van der Waals surface area contributed by atoms with Crippen molar-refractivity contribution in [3.63, 3.8) is 0 Å². The summed E-state index contributed by atoms with van der Waals surface area (Å²) in [6.45, 7) is -2.55. The van der Waals surface area contributed by atoms with Crippen molar-refractivity contribution in [1.29, 1.82) is 0 Å². The molecule has 0 atom stereocenters. The molecule has 0 saturated heterocycles. The van der Waals surface area contributed by atoms with Gasteiger partial charge in [-0.05, 0) is 12.1 Å². The first-order valence-corrected chi connectivity index (χ1v) is 5.84. The minimum Gasteiger partial charge on any atom is -0.487 e. The number of ether oxygens (including phenoxy) is 1. The Labute approximate surface area is 127 Å². The highest BCUT2D eigenvalue weighted by Gasteiger charge is 2.87. The van der Waals surface area contributed by atoms with Gasteiger partial charge in [0.15, 0.2) is 6.61 Å². The summed E-state index contributed by atoms with van der Waals surface area (Å²) in [4.78, 5) is 0. The van der Waals surface area contributed by atoms with E-state index in [1.54, 1.807) is 0 Å². The number of rotatable bonds is 6. The fourth-order valence-electron chi connectivity index (χ4n) is 1.39. The monoisotopic (exact) mass is 376 g/mol. The number of benzene rings is 1. The maximum atomic E-state index is 13.2. The molecule has 0 N–H and O–H groups in total.